The molecule has 1 aromatic heterocycles. The fourth-order valence-corrected chi connectivity index (χ4v) is 3.59. The van der Waals surface area contributed by atoms with E-state index in [9.17, 15) is 13.2 Å². The second kappa shape index (κ2) is 7.91. The molecule has 1 amide bonds. The summed E-state index contributed by atoms with van der Waals surface area (Å²) in [6.45, 7) is 1.84. The van der Waals surface area contributed by atoms with Crippen LogP contribution in [-0.2, 0) is 10.0 Å². The average Bonchev–Trinajstić information content (AvgIpc) is 3.05. The third-order valence-electron chi connectivity index (χ3n) is 3.93. The minimum atomic E-state index is -3.36. The summed E-state index contributed by atoms with van der Waals surface area (Å²) >= 11 is 0. The summed E-state index contributed by atoms with van der Waals surface area (Å²) in [7, 11) is 1.92. The molecule has 0 spiro atoms. The van der Waals surface area contributed by atoms with E-state index < -0.39 is 15.3 Å². The van der Waals surface area contributed by atoms with Gasteiger partial charge in [-0.1, -0.05) is 0 Å². The first-order chi connectivity index (χ1) is 11.3. The van der Waals surface area contributed by atoms with E-state index in [1.165, 1.54) is 13.2 Å². The smallest absolute Gasteiger partial charge is 0.254 e. The van der Waals surface area contributed by atoms with E-state index in [2.05, 4.69) is 9.71 Å². The number of carbonyl (C=O) groups excluding carboxylic acids is 1. The molecule has 9 heteroatoms. The molecule has 0 radical (unpaired) electrons. The van der Waals surface area contributed by atoms with Gasteiger partial charge in [-0.2, -0.15) is 0 Å². The van der Waals surface area contributed by atoms with E-state index in [1.807, 2.05) is 19.0 Å². The largest absolute Gasteiger partial charge is 0.476 e. The van der Waals surface area contributed by atoms with E-state index in [1.54, 1.807) is 17.0 Å². The van der Waals surface area contributed by atoms with Gasteiger partial charge in [0, 0.05) is 37.5 Å². The first-order valence-electron chi connectivity index (χ1n) is 7.78. The van der Waals surface area contributed by atoms with E-state index in [4.69, 9.17) is 4.74 Å². The van der Waals surface area contributed by atoms with Gasteiger partial charge in [-0.25, -0.2) is 18.1 Å². The van der Waals surface area contributed by atoms with Gasteiger partial charge in [0.2, 0.25) is 15.9 Å². The van der Waals surface area contributed by atoms with Gasteiger partial charge < -0.3 is 14.5 Å². The molecule has 2 heterocycles. The normalized spacial score (nSPS) is 18.2. The molecule has 8 nitrogen and oxygen atoms in total. The number of likely N-dealkylation sites (N-methyl/N-ethyl adjacent to an activating group) is 1. The highest BCUT2D eigenvalue weighted by molar-refractivity contribution is 7.90. The Bertz CT molecular complexity index is 678. The maximum absolute atomic E-state index is 12.6. The summed E-state index contributed by atoms with van der Waals surface area (Å²) < 4.78 is 31.6. The molecule has 1 aliphatic heterocycles. The second-order valence-electron chi connectivity index (χ2n) is 5.95. The Morgan fingerprint density at radius 1 is 1.50 bits per heavy atom. The minimum Gasteiger partial charge on any atom is -0.476 e. The molecule has 2 rings (SSSR count). The molecule has 24 heavy (non-hydrogen) atoms. The Balaban J connectivity index is 2.00. The Morgan fingerprint density at radius 3 is 2.92 bits per heavy atom. The van der Waals surface area contributed by atoms with Gasteiger partial charge in [0.25, 0.3) is 5.91 Å². The quantitative estimate of drug-likeness (QED) is 0.727. The third-order valence-corrected chi connectivity index (χ3v) is 5.76. The van der Waals surface area contributed by atoms with Gasteiger partial charge in [0.15, 0.2) is 0 Å². The van der Waals surface area contributed by atoms with E-state index >= 15 is 0 Å². The molecule has 1 fully saturated rings. The van der Waals surface area contributed by atoms with Crippen molar-refractivity contribution in [3.05, 3.63) is 23.9 Å². The summed E-state index contributed by atoms with van der Waals surface area (Å²) in [4.78, 5) is 20.2. The van der Waals surface area contributed by atoms with Crippen LogP contribution in [0.3, 0.4) is 0 Å². The fourth-order valence-electron chi connectivity index (χ4n) is 2.47. The molecule has 1 N–H and O–H groups in total. The summed E-state index contributed by atoms with van der Waals surface area (Å²) in [5, 5.41) is -0.566. The van der Waals surface area contributed by atoms with Gasteiger partial charge in [0.05, 0.1) is 5.25 Å². The molecule has 1 saturated heterocycles. The number of nitrogens with one attached hydrogen (secondary N) is 1. The predicted molar refractivity (Wildman–Crippen MR) is 90.6 cm³/mol. The fraction of sp³-hybridized carbons (Fsp3) is 0.600. The van der Waals surface area contributed by atoms with Crippen LogP contribution in [-0.4, -0.2) is 81.7 Å². The molecule has 0 saturated carbocycles. The minimum absolute atomic E-state index is 0.196. The van der Waals surface area contributed by atoms with Gasteiger partial charge >= 0.3 is 0 Å². The van der Waals surface area contributed by atoms with Crippen molar-refractivity contribution in [1.29, 1.82) is 0 Å². The van der Waals surface area contributed by atoms with E-state index in [0.29, 0.717) is 31.0 Å². The second-order valence-corrected chi connectivity index (χ2v) is 8.11. The Kier molecular flexibility index (Phi) is 6.14. The van der Waals surface area contributed by atoms with Crippen molar-refractivity contribution in [2.45, 2.75) is 11.7 Å². The molecule has 1 atom stereocenters. The predicted octanol–water partition coefficient (Wildman–Crippen LogP) is -0.214. The number of rotatable bonds is 7. The Labute approximate surface area is 142 Å². The monoisotopic (exact) mass is 356 g/mol. The van der Waals surface area contributed by atoms with Crippen molar-refractivity contribution < 1.29 is 17.9 Å². The molecular formula is C15H24N4O4S. The highest BCUT2D eigenvalue weighted by atomic mass is 32.2. The molecule has 0 bridgehead atoms. The topological polar surface area (TPSA) is 91.8 Å². The molecule has 0 aliphatic carbocycles. The number of sulfonamides is 1. The zero-order valence-corrected chi connectivity index (χ0v) is 15.0. The lowest BCUT2D eigenvalue weighted by Crippen LogP contribution is -2.36. The number of hydrogen-bond donors (Lipinski definition) is 1. The van der Waals surface area contributed by atoms with Crippen LogP contribution in [0.1, 0.15) is 16.8 Å². The summed E-state index contributed by atoms with van der Waals surface area (Å²) in [6, 6.07) is 3.21. The van der Waals surface area contributed by atoms with Gasteiger partial charge in [-0.05, 0) is 33.6 Å². The van der Waals surface area contributed by atoms with E-state index in [-0.39, 0.29) is 12.5 Å². The number of ether oxygens (including phenoxy) is 1. The van der Waals surface area contributed by atoms with Crippen LogP contribution < -0.4 is 9.46 Å². The van der Waals surface area contributed by atoms with Crippen molar-refractivity contribution in [3.8, 4) is 5.88 Å². The number of nitrogens with zero attached hydrogens (tertiary/aromatic N) is 3. The van der Waals surface area contributed by atoms with Crippen LogP contribution in [0.4, 0.5) is 0 Å². The number of aromatic nitrogens is 1. The van der Waals surface area contributed by atoms with Crippen molar-refractivity contribution in [3.63, 3.8) is 0 Å². The Hall–Kier alpha value is -1.71. The lowest BCUT2D eigenvalue weighted by Gasteiger charge is -2.17. The lowest BCUT2D eigenvalue weighted by atomic mass is 10.2. The highest BCUT2D eigenvalue weighted by Crippen LogP contribution is 2.19. The first kappa shape index (κ1) is 18.6. The average molecular weight is 356 g/mol. The maximum Gasteiger partial charge on any atom is 0.254 e. The van der Waals surface area contributed by atoms with Crippen LogP contribution >= 0.6 is 0 Å². The summed E-state index contributed by atoms with van der Waals surface area (Å²) in [5.41, 5.74) is 0.451. The SMILES string of the molecule is CNS(=O)(=O)C1CCN(C(=O)c2ccnc(OCCN(C)C)c2)C1. The highest BCUT2D eigenvalue weighted by Gasteiger charge is 2.34. The van der Waals surface area contributed by atoms with Crippen LogP contribution in [0, 0.1) is 0 Å². The summed E-state index contributed by atoms with van der Waals surface area (Å²) in [5.74, 6) is 0.185. The van der Waals surface area contributed by atoms with Crippen LogP contribution in [0.5, 0.6) is 5.88 Å². The number of amides is 1. The van der Waals surface area contributed by atoms with Crippen molar-refractivity contribution in [2.75, 3.05) is 47.4 Å². The number of hydrogen-bond acceptors (Lipinski definition) is 6. The number of pyridine rings is 1. The first-order valence-corrected chi connectivity index (χ1v) is 9.33. The zero-order valence-electron chi connectivity index (χ0n) is 14.2. The standard InChI is InChI=1S/C15H24N4O4S/c1-16-24(21,22)13-5-7-19(11-13)15(20)12-4-6-17-14(10-12)23-9-8-18(2)3/h4,6,10,13,16H,5,7-9,11H2,1-3H3. The molecule has 1 aromatic rings. The van der Waals surface area contributed by atoms with Crippen LogP contribution in [0.25, 0.3) is 0 Å². The lowest BCUT2D eigenvalue weighted by molar-refractivity contribution is 0.0792. The molecule has 0 aromatic carbocycles. The molecule has 1 aliphatic rings. The van der Waals surface area contributed by atoms with Crippen LogP contribution in [0.2, 0.25) is 0 Å². The van der Waals surface area contributed by atoms with Crippen LogP contribution in [0.15, 0.2) is 18.3 Å². The van der Waals surface area contributed by atoms with Gasteiger partial charge in [0.1, 0.15) is 6.61 Å². The third kappa shape index (κ3) is 4.65. The molecule has 1 unspecified atom stereocenters. The molecule has 134 valence electrons. The Morgan fingerprint density at radius 2 is 2.25 bits per heavy atom. The zero-order chi connectivity index (χ0) is 17.7. The summed E-state index contributed by atoms with van der Waals surface area (Å²) in [6.07, 6.45) is 1.96. The van der Waals surface area contributed by atoms with Crippen molar-refractivity contribution in [2.24, 2.45) is 0 Å². The number of carbonyl (C=O) groups is 1. The van der Waals surface area contributed by atoms with E-state index in [0.717, 1.165) is 6.54 Å². The van der Waals surface area contributed by atoms with Gasteiger partial charge in [-0.15, -0.1) is 0 Å². The number of likely N-dealkylation sites (tertiary alicyclic amines) is 1. The van der Waals surface area contributed by atoms with Crippen molar-refractivity contribution >= 4 is 15.9 Å². The van der Waals surface area contributed by atoms with Gasteiger partial charge in [-0.3, -0.25) is 4.79 Å². The molecular weight excluding hydrogens is 332 g/mol. The maximum atomic E-state index is 12.6. The van der Waals surface area contributed by atoms with Crippen molar-refractivity contribution in [1.82, 2.24) is 19.5 Å².